The van der Waals surface area contributed by atoms with Crippen LogP contribution in [0.15, 0.2) is 182 Å². The molecule has 9 aromatic carbocycles. The van der Waals surface area contributed by atoms with Crippen LogP contribution >= 0.6 is 0 Å². The normalized spacial score (nSPS) is 13.4. The fourth-order valence-corrected chi connectivity index (χ4v) is 10.4. The Labute approximate surface area is 340 Å². The van der Waals surface area contributed by atoms with Crippen LogP contribution in [0.3, 0.4) is 0 Å². The Morgan fingerprint density at radius 3 is 1.92 bits per heavy atom. The van der Waals surface area contributed by atoms with Gasteiger partial charge in [0.2, 0.25) is 5.95 Å². The average Bonchev–Trinajstić information content (AvgIpc) is 3.88. The first kappa shape index (κ1) is 32.5. The van der Waals surface area contributed by atoms with Crippen LogP contribution in [0.2, 0.25) is 0 Å². The fraction of sp³-hybridized carbons (Fsp3) is 0.0545. The summed E-state index contributed by atoms with van der Waals surface area (Å²) >= 11 is 0. The van der Waals surface area contributed by atoms with Crippen LogP contribution in [0, 0.1) is 0 Å². The highest BCUT2D eigenvalue weighted by molar-refractivity contribution is 6.20. The Kier molecular flexibility index (Phi) is 6.48. The van der Waals surface area contributed by atoms with Crippen molar-refractivity contribution in [3.8, 4) is 34.0 Å². The van der Waals surface area contributed by atoms with Crippen LogP contribution in [0.5, 0.6) is 0 Å². The zero-order valence-corrected chi connectivity index (χ0v) is 32.6. The number of fused-ring (bicyclic) bond motifs is 13. The maximum Gasteiger partial charge on any atom is 0.235 e. The Hall–Kier alpha value is -7.56. The molecular weight excluding hydrogens is 717 g/mol. The number of nitrogens with zero attached hydrogens (tertiary/aromatic N) is 4. The van der Waals surface area contributed by atoms with Gasteiger partial charge in [-0.3, -0.25) is 4.57 Å². The summed E-state index contributed by atoms with van der Waals surface area (Å²) in [5, 5.41) is 10.7. The summed E-state index contributed by atoms with van der Waals surface area (Å²) in [7, 11) is 0. The van der Waals surface area contributed by atoms with Crippen LogP contribution in [0.25, 0.3) is 110 Å². The Balaban J connectivity index is 1.13. The minimum Gasteiger partial charge on any atom is -0.308 e. The molecule has 0 spiro atoms. The Morgan fingerprint density at radius 2 is 1.05 bits per heavy atom. The highest BCUT2D eigenvalue weighted by atomic mass is 15.2. The monoisotopic (exact) mass is 752 g/mol. The van der Waals surface area contributed by atoms with Crippen molar-refractivity contribution in [3.63, 3.8) is 0 Å². The maximum atomic E-state index is 5.63. The number of aromatic nitrogens is 4. The summed E-state index contributed by atoms with van der Waals surface area (Å²) in [5.41, 5.74) is 13.8. The molecule has 0 unspecified atom stereocenters. The summed E-state index contributed by atoms with van der Waals surface area (Å²) in [6.07, 6.45) is 0. The van der Waals surface area contributed by atoms with Gasteiger partial charge in [0, 0.05) is 48.7 Å². The number of benzene rings is 9. The molecule has 0 saturated heterocycles. The van der Waals surface area contributed by atoms with Gasteiger partial charge in [-0.15, -0.1) is 0 Å². The molecular formula is C55H36N4. The molecule has 0 saturated carbocycles. The third-order valence-corrected chi connectivity index (χ3v) is 13.1. The van der Waals surface area contributed by atoms with E-state index in [1.807, 2.05) is 0 Å². The third-order valence-electron chi connectivity index (χ3n) is 13.1. The second-order valence-electron chi connectivity index (χ2n) is 16.5. The van der Waals surface area contributed by atoms with Crippen LogP contribution in [0.4, 0.5) is 0 Å². The molecule has 59 heavy (non-hydrogen) atoms. The quantitative estimate of drug-likeness (QED) is 0.180. The van der Waals surface area contributed by atoms with Crippen molar-refractivity contribution in [1.82, 2.24) is 19.1 Å². The lowest BCUT2D eigenvalue weighted by Gasteiger charge is -2.21. The molecule has 0 radical (unpaired) electrons. The topological polar surface area (TPSA) is 35.6 Å². The van der Waals surface area contributed by atoms with Gasteiger partial charge in [0.25, 0.3) is 0 Å². The molecule has 0 bridgehead atoms. The molecule has 12 aromatic rings. The van der Waals surface area contributed by atoms with Gasteiger partial charge >= 0.3 is 0 Å². The van der Waals surface area contributed by atoms with E-state index < -0.39 is 0 Å². The minimum absolute atomic E-state index is 0.123. The molecule has 3 aromatic heterocycles. The first-order valence-corrected chi connectivity index (χ1v) is 20.4. The van der Waals surface area contributed by atoms with Gasteiger partial charge in [-0.25, -0.2) is 9.97 Å². The summed E-state index contributed by atoms with van der Waals surface area (Å²) in [6.45, 7) is 4.67. The zero-order chi connectivity index (χ0) is 39.0. The molecule has 13 rings (SSSR count). The van der Waals surface area contributed by atoms with Crippen molar-refractivity contribution in [2.75, 3.05) is 0 Å². The van der Waals surface area contributed by atoms with E-state index in [1.54, 1.807) is 0 Å². The van der Waals surface area contributed by atoms with Crippen molar-refractivity contribution in [1.29, 1.82) is 0 Å². The molecule has 1 aliphatic rings. The van der Waals surface area contributed by atoms with Crippen molar-refractivity contribution in [2.45, 2.75) is 19.3 Å². The molecule has 1 aliphatic carbocycles. The van der Waals surface area contributed by atoms with Crippen LogP contribution in [-0.2, 0) is 5.41 Å². The summed E-state index contributed by atoms with van der Waals surface area (Å²) in [6, 6.07) is 66.3. The van der Waals surface area contributed by atoms with E-state index in [-0.39, 0.29) is 5.41 Å². The molecule has 0 atom stereocenters. The first-order valence-electron chi connectivity index (χ1n) is 20.4. The summed E-state index contributed by atoms with van der Waals surface area (Å²) in [5.74, 6) is 0.660. The molecule has 3 heterocycles. The minimum atomic E-state index is -0.123. The van der Waals surface area contributed by atoms with E-state index in [0.717, 1.165) is 38.9 Å². The van der Waals surface area contributed by atoms with E-state index in [9.17, 15) is 0 Å². The summed E-state index contributed by atoms with van der Waals surface area (Å²) < 4.78 is 4.77. The lowest BCUT2D eigenvalue weighted by Crippen LogP contribution is -2.14. The van der Waals surface area contributed by atoms with Gasteiger partial charge in [-0.1, -0.05) is 159 Å². The SMILES string of the molecule is CC1(C)c2ccccc2-c2c(-c3nc(-n4c5ccccc5c5cc6cccc(-n7c8ccccc8c8ccc9ccccc9c87)c6cc54)nc4ccccc34)cccc21. The molecule has 4 nitrogen and oxygen atoms in total. The Morgan fingerprint density at radius 1 is 0.407 bits per heavy atom. The number of hydrogen-bond acceptors (Lipinski definition) is 2. The van der Waals surface area contributed by atoms with E-state index in [1.165, 1.54) is 76.4 Å². The predicted molar refractivity (Wildman–Crippen MR) is 246 cm³/mol. The van der Waals surface area contributed by atoms with E-state index in [0.29, 0.717) is 5.95 Å². The van der Waals surface area contributed by atoms with Crippen LogP contribution in [0.1, 0.15) is 25.0 Å². The lowest BCUT2D eigenvalue weighted by atomic mass is 9.82. The fourth-order valence-electron chi connectivity index (χ4n) is 10.4. The van der Waals surface area contributed by atoms with Crippen molar-refractivity contribution < 1.29 is 0 Å². The largest absolute Gasteiger partial charge is 0.308 e. The van der Waals surface area contributed by atoms with Gasteiger partial charge in [0.1, 0.15) is 0 Å². The molecule has 276 valence electrons. The molecule has 0 fully saturated rings. The highest BCUT2D eigenvalue weighted by Crippen LogP contribution is 2.52. The average molecular weight is 753 g/mol. The standard InChI is InChI=1S/C55H36N4/c1-55(2)44-23-9-5-20-39(44)51-41(22-14-24-45(51)55)52-40-21-6-10-25-46(40)56-54(57-52)59-48-27-12-8-19-37(48)43-31-34-16-13-28-49(42(34)32-50(43)59)58-47-26-11-7-18-36(47)38-30-29-33-15-3-4-17-35(33)53(38)58/h3-32H,1-2H3. The first-order chi connectivity index (χ1) is 29.0. The molecule has 0 amide bonds. The van der Waals surface area contributed by atoms with Crippen LogP contribution in [-0.4, -0.2) is 19.1 Å². The van der Waals surface area contributed by atoms with Crippen LogP contribution < -0.4 is 0 Å². The molecule has 0 aliphatic heterocycles. The Bertz CT molecular complexity index is 3770. The highest BCUT2D eigenvalue weighted by Gasteiger charge is 2.37. The van der Waals surface area contributed by atoms with E-state index in [2.05, 4.69) is 205 Å². The maximum absolute atomic E-state index is 5.63. The second-order valence-corrected chi connectivity index (χ2v) is 16.5. The zero-order valence-electron chi connectivity index (χ0n) is 32.6. The van der Waals surface area contributed by atoms with E-state index in [4.69, 9.17) is 9.97 Å². The number of rotatable bonds is 3. The van der Waals surface area contributed by atoms with Crippen molar-refractivity contribution in [3.05, 3.63) is 193 Å². The van der Waals surface area contributed by atoms with Gasteiger partial charge < -0.3 is 4.57 Å². The number of para-hydroxylation sites is 3. The lowest BCUT2D eigenvalue weighted by molar-refractivity contribution is 0.660. The van der Waals surface area contributed by atoms with Gasteiger partial charge in [-0.05, 0) is 69.4 Å². The predicted octanol–water partition coefficient (Wildman–Crippen LogP) is 14.1. The smallest absolute Gasteiger partial charge is 0.235 e. The van der Waals surface area contributed by atoms with Gasteiger partial charge in [0.15, 0.2) is 0 Å². The van der Waals surface area contributed by atoms with E-state index >= 15 is 0 Å². The number of hydrogen-bond donors (Lipinski definition) is 0. The second kappa shape index (κ2) is 11.7. The van der Waals surface area contributed by atoms with Crippen molar-refractivity contribution in [2.24, 2.45) is 0 Å². The van der Waals surface area contributed by atoms with Crippen molar-refractivity contribution >= 4 is 76.1 Å². The molecule has 0 N–H and O–H groups in total. The van der Waals surface area contributed by atoms with Gasteiger partial charge in [-0.2, -0.15) is 0 Å². The molecule has 4 heteroatoms. The third kappa shape index (κ3) is 4.38. The van der Waals surface area contributed by atoms with Gasteiger partial charge in [0.05, 0.1) is 39.0 Å². The summed E-state index contributed by atoms with van der Waals surface area (Å²) in [4.78, 5) is 11.0.